The monoisotopic (exact) mass is 240 g/mol. The molecule has 0 N–H and O–H groups in total. The van der Waals surface area contributed by atoms with Gasteiger partial charge in [-0.1, -0.05) is 0 Å². The Bertz CT molecular complexity index is 558. The molecule has 86 valence electrons. The summed E-state index contributed by atoms with van der Waals surface area (Å²) in [5.41, 5.74) is -0.770. The molecule has 1 amide bonds. The van der Waals surface area contributed by atoms with Gasteiger partial charge in [-0.25, -0.2) is 17.7 Å². The fourth-order valence-electron chi connectivity index (χ4n) is 1.73. The van der Waals surface area contributed by atoms with Gasteiger partial charge in [0.2, 0.25) is 0 Å². The number of amides is 1. The second-order valence-electron chi connectivity index (χ2n) is 4.60. The Labute approximate surface area is 94.2 Å². The van der Waals surface area contributed by atoms with Crippen molar-refractivity contribution in [1.29, 1.82) is 0 Å². The van der Waals surface area contributed by atoms with Gasteiger partial charge in [-0.05, 0) is 32.9 Å². The Balaban J connectivity index is 2.73. The Morgan fingerprint density at radius 3 is 2.44 bits per heavy atom. The van der Waals surface area contributed by atoms with Gasteiger partial charge in [-0.15, -0.1) is 0 Å². The smallest absolute Gasteiger partial charge is 0.266 e. The third-order valence-electron chi connectivity index (χ3n) is 2.29. The first-order chi connectivity index (χ1) is 7.26. The van der Waals surface area contributed by atoms with Crippen molar-refractivity contribution in [3.63, 3.8) is 0 Å². The number of rotatable bonds is 0. The van der Waals surface area contributed by atoms with Crippen LogP contribution in [0.15, 0.2) is 23.2 Å². The molecule has 16 heavy (non-hydrogen) atoms. The molecule has 0 saturated heterocycles. The third-order valence-corrected chi connectivity index (χ3v) is 4.36. The van der Waals surface area contributed by atoms with E-state index < -0.39 is 21.5 Å². The van der Waals surface area contributed by atoms with Gasteiger partial charge in [0.25, 0.3) is 15.9 Å². The average molecular weight is 240 g/mol. The second kappa shape index (κ2) is 3.04. The molecule has 0 aromatic carbocycles. The molecule has 6 heteroatoms. The van der Waals surface area contributed by atoms with Crippen LogP contribution in [-0.2, 0) is 10.0 Å². The molecule has 0 unspecified atom stereocenters. The van der Waals surface area contributed by atoms with Crippen molar-refractivity contribution < 1.29 is 13.2 Å². The topological polar surface area (TPSA) is 67.3 Å². The van der Waals surface area contributed by atoms with Crippen molar-refractivity contribution >= 4 is 15.9 Å². The van der Waals surface area contributed by atoms with Crippen molar-refractivity contribution in [2.75, 3.05) is 0 Å². The second-order valence-corrected chi connectivity index (χ2v) is 6.35. The predicted octanol–water partition coefficient (Wildman–Crippen LogP) is 1.02. The van der Waals surface area contributed by atoms with Crippen molar-refractivity contribution in [3.05, 3.63) is 24.0 Å². The predicted molar refractivity (Wildman–Crippen MR) is 57.3 cm³/mol. The molecule has 2 rings (SSSR count). The minimum Gasteiger partial charge on any atom is -0.266 e. The summed E-state index contributed by atoms with van der Waals surface area (Å²) in [5.74, 6) is -0.553. The first-order valence-corrected chi connectivity index (χ1v) is 6.25. The molecule has 1 aliphatic rings. The molecule has 0 radical (unpaired) electrons. The lowest BCUT2D eigenvalue weighted by Crippen LogP contribution is -2.45. The van der Waals surface area contributed by atoms with E-state index in [1.54, 1.807) is 20.8 Å². The van der Waals surface area contributed by atoms with E-state index in [2.05, 4.69) is 4.98 Å². The SMILES string of the molecule is CC(C)(C)N1C(=O)c2ncccc2S1(=O)=O. The van der Waals surface area contributed by atoms with Crippen molar-refractivity contribution in [1.82, 2.24) is 9.29 Å². The summed E-state index contributed by atoms with van der Waals surface area (Å²) in [4.78, 5) is 15.8. The maximum absolute atomic E-state index is 12.1. The first kappa shape index (κ1) is 11.1. The highest BCUT2D eigenvalue weighted by molar-refractivity contribution is 7.90. The molecule has 2 heterocycles. The van der Waals surface area contributed by atoms with Crippen molar-refractivity contribution in [2.45, 2.75) is 31.2 Å². The molecule has 1 aromatic rings. The Morgan fingerprint density at radius 1 is 1.31 bits per heavy atom. The number of carbonyl (C=O) groups is 1. The number of pyridine rings is 1. The van der Waals surface area contributed by atoms with E-state index in [1.165, 1.54) is 18.3 Å². The average Bonchev–Trinajstić information content (AvgIpc) is 2.34. The fraction of sp³-hybridized carbons (Fsp3) is 0.400. The maximum Gasteiger partial charge on any atom is 0.288 e. The van der Waals surface area contributed by atoms with Crippen LogP contribution < -0.4 is 0 Å². The third kappa shape index (κ3) is 1.33. The van der Waals surface area contributed by atoms with Gasteiger partial charge >= 0.3 is 0 Å². The summed E-state index contributed by atoms with van der Waals surface area (Å²) >= 11 is 0. The van der Waals surface area contributed by atoms with E-state index >= 15 is 0 Å². The highest BCUT2D eigenvalue weighted by Gasteiger charge is 2.47. The van der Waals surface area contributed by atoms with Gasteiger partial charge < -0.3 is 0 Å². The van der Waals surface area contributed by atoms with E-state index in [-0.39, 0.29) is 10.6 Å². The normalized spacial score (nSPS) is 18.7. The largest absolute Gasteiger partial charge is 0.288 e. The Hall–Kier alpha value is -1.43. The lowest BCUT2D eigenvalue weighted by Gasteiger charge is -2.29. The quantitative estimate of drug-likeness (QED) is 0.679. The minimum absolute atomic E-state index is 0.00470. The van der Waals surface area contributed by atoms with Crippen LogP contribution in [0.1, 0.15) is 31.3 Å². The lowest BCUT2D eigenvalue weighted by atomic mass is 10.1. The summed E-state index contributed by atoms with van der Waals surface area (Å²) in [6.45, 7) is 5.02. The number of sulfonamides is 1. The number of carbonyl (C=O) groups excluding carboxylic acids is 1. The number of hydrogen-bond acceptors (Lipinski definition) is 4. The van der Waals surface area contributed by atoms with Crippen LogP contribution in [-0.4, -0.2) is 29.2 Å². The molecule has 0 fully saturated rings. The summed E-state index contributed by atoms with van der Waals surface area (Å²) < 4.78 is 25.1. The molecule has 0 saturated carbocycles. The van der Waals surface area contributed by atoms with Crippen LogP contribution in [0.4, 0.5) is 0 Å². The zero-order valence-corrected chi connectivity index (χ0v) is 10.1. The highest BCUT2D eigenvalue weighted by atomic mass is 32.2. The van der Waals surface area contributed by atoms with E-state index in [0.717, 1.165) is 4.31 Å². The number of hydrogen-bond donors (Lipinski definition) is 0. The van der Waals surface area contributed by atoms with Crippen LogP contribution in [0.2, 0.25) is 0 Å². The summed E-state index contributed by atoms with van der Waals surface area (Å²) in [6.07, 6.45) is 1.42. The maximum atomic E-state index is 12.1. The summed E-state index contributed by atoms with van der Waals surface area (Å²) in [7, 11) is -3.73. The Kier molecular flexibility index (Phi) is 2.10. The summed E-state index contributed by atoms with van der Waals surface area (Å²) in [6, 6.07) is 2.91. The van der Waals surface area contributed by atoms with E-state index in [9.17, 15) is 13.2 Å². The molecular weight excluding hydrogens is 228 g/mol. The molecule has 1 aliphatic heterocycles. The van der Waals surface area contributed by atoms with Gasteiger partial charge in [0.1, 0.15) is 10.6 Å². The van der Waals surface area contributed by atoms with Crippen LogP contribution in [0, 0.1) is 0 Å². The molecule has 0 aliphatic carbocycles. The van der Waals surface area contributed by atoms with Crippen molar-refractivity contribution in [2.24, 2.45) is 0 Å². The van der Waals surface area contributed by atoms with E-state index in [4.69, 9.17) is 0 Å². The van der Waals surface area contributed by atoms with Crippen LogP contribution in [0.25, 0.3) is 0 Å². The standard InChI is InChI=1S/C10H12N2O3S/c1-10(2,3)12-9(13)8-7(16(12,14)15)5-4-6-11-8/h4-6H,1-3H3. The fourth-order valence-corrected chi connectivity index (χ4v) is 3.59. The number of fused-ring (bicyclic) bond motifs is 1. The molecule has 5 nitrogen and oxygen atoms in total. The molecule has 0 bridgehead atoms. The number of nitrogens with zero attached hydrogens (tertiary/aromatic N) is 2. The Morgan fingerprint density at radius 2 is 1.94 bits per heavy atom. The van der Waals surface area contributed by atoms with E-state index in [1.807, 2.05) is 0 Å². The zero-order chi connectivity index (χ0) is 12.1. The molecule has 0 spiro atoms. The lowest BCUT2D eigenvalue weighted by molar-refractivity contribution is 0.0782. The summed E-state index contributed by atoms with van der Waals surface area (Å²) in [5, 5.41) is 0. The van der Waals surface area contributed by atoms with Gasteiger partial charge in [-0.3, -0.25) is 4.79 Å². The number of aromatic nitrogens is 1. The van der Waals surface area contributed by atoms with Gasteiger partial charge in [0.15, 0.2) is 0 Å². The zero-order valence-electron chi connectivity index (χ0n) is 9.26. The van der Waals surface area contributed by atoms with Gasteiger partial charge in [-0.2, -0.15) is 0 Å². The molecule has 1 aromatic heterocycles. The first-order valence-electron chi connectivity index (χ1n) is 4.81. The van der Waals surface area contributed by atoms with E-state index in [0.29, 0.717) is 0 Å². The van der Waals surface area contributed by atoms with Crippen LogP contribution in [0.3, 0.4) is 0 Å². The van der Waals surface area contributed by atoms with Gasteiger partial charge in [0.05, 0.1) is 5.54 Å². The van der Waals surface area contributed by atoms with Gasteiger partial charge in [0, 0.05) is 6.20 Å². The minimum atomic E-state index is -3.73. The molecular formula is C10H12N2O3S. The van der Waals surface area contributed by atoms with Crippen LogP contribution in [0.5, 0.6) is 0 Å². The van der Waals surface area contributed by atoms with Crippen LogP contribution >= 0.6 is 0 Å². The van der Waals surface area contributed by atoms with Crippen molar-refractivity contribution in [3.8, 4) is 0 Å². The molecule has 0 atom stereocenters. The highest BCUT2D eigenvalue weighted by Crippen LogP contribution is 2.33.